The van der Waals surface area contributed by atoms with Gasteiger partial charge in [0.2, 0.25) is 5.91 Å². The van der Waals surface area contributed by atoms with Crippen LogP contribution in [0.15, 0.2) is 69.6 Å². The van der Waals surface area contributed by atoms with Crippen molar-refractivity contribution in [2.45, 2.75) is 6.54 Å². The number of fused-ring (bicyclic) bond motifs is 1. The lowest BCUT2D eigenvalue weighted by atomic mass is 10.3. The summed E-state index contributed by atoms with van der Waals surface area (Å²) in [5, 5.41) is 4.00. The highest BCUT2D eigenvalue weighted by atomic mass is 32.1. The molecule has 0 radical (unpaired) electrons. The number of hydrogen-bond donors (Lipinski definition) is 1. The minimum absolute atomic E-state index is 0.0328. The molecule has 2 aromatic heterocycles. The molecular weight excluding hydrogens is 400 g/mol. The zero-order valence-corrected chi connectivity index (χ0v) is 15.6. The van der Waals surface area contributed by atoms with Crippen LogP contribution < -0.4 is 16.6 Å². The lowest BCUT2D eigenvalue weighted by Gasteiger charge is -2.13. The minimum atomic E-state index is -0.866. The van der Waals surface area contributed by atoms with Gasteiger partial charge >= 0.3 is 5.69 Å². The summed E-state index contributed by atoms with van der Waals surface area (Å²) >= 11 is 1.08. The molecule has 2 heterocycles. The van der Waals surface area contributed by atoms with Crippen molar-refractivity contribution in [2.75, 3.05) is 5.32 Å². The van der Waals surface area contributed by atoms with Gasteiger partial charge in [0.25, 0.3) is 5.56 Å². The Morgan fingerprint density at radius 1 is 0.966 bits per heavy atom. The Morgan fingerprint density at radius 2 is 1.66 bits per heavy atom. The summed E-state index contributed by atoms with van der Waals surface area (Å²) < 4.78 is 30.0. The van der Waals surface area contributed by atoms with Crippen LogP contribution in [0.4, 0.5) is 14.5 Å². The van der Waals surface area contributed by atoms with Crippen LogP contribution in [-0.2, 0) is 11.3 Å². The Morgan fingerprint density at radius 3 is 2.38 bits per heavy atom. The number of amides is 1. The van der Waals surface area contributed by atoms with Gasteiger partial charge in [-0.25, -0.2) is 18.1 Å². The first kappa shape index (κ1) is 18.8. The second-order valence-electron chi connectivity index (χ2n) is 6.12. The summed E-state index contributed by atoms with van der Waals surface area (Å²) in [6, 6.07) is 12.5. The van der Waals surface area contributed by atoms with Gasteiger partial charge in [0.15, 0.2) is 0 Å². The number of nitrogens with one attached hydrogen (secondary N) is 1. The first-order valence-electron chi connectivity index (χ1n) is 8.49. The maximum Gasteiger partial charge on any atom is 0.336 e. The molecule has 1 N–H and O–H groups in total. The molecule has 0 saturated heterocycles. The van der Waals surface area contributed by atoms with Crippen LogP contribution >= 0.6 is 11.3 Å². The average molecular weight is 413 g/mol. The van der Waals surface area contributed by atoms with E-state index >= 15 is 0 Å². The van der Waals surface area contributed by atoms with Crippen LogP contribution in [-0.4, -0.2) is 15.0 Å². The number of carbonyl (C=O) groups excluding carboxylic acids is 1. The van der Waals surface area contributed by atoms with Gasteiger partial charge in [-0.2, -0.15) is 0 Å². The largest absolute Gasteiger partial charge is 0.336 e. The third kappa shape index (κ3) is 3.36. The van der Waals surface area contributed by atoms with E-state index in [1.165, 1.54) is 42.5 Å². The molecule has 9 heteroatoms. The normalized spacial score (nSPS) is 11.0. The number of para-hydroxylation sites is 2. The van der Waals surface area contributed by atoms with Crippen LogP contribution in [0.25, 0.3) is 15.9 Å². The molecule has 0 bridgehead atoms. The van der Waals surface area contributed by atoms with Gasteiger partial charge in [-0.1, -0.05) is 24.3 Å². The van der Waals surface area contributed by atoms with E-state index in [4.69, 9.17) is 0 Å². The van der Waals surface area contributed by atoms with Gasteiger partial charge in [0.05, 0.1) is 16.9 Å². The Balaban J connectivity index is 1.83. The molecule has 0 aliphatic carbocycles. The third-order valence-corrected chi connectivity index (χ3v) is 5.19. The van der Waals surface area contributed by atoms with Crippen LogP contribution in [0, 0.1) is 11.6 Å². The van der Waals surface area contributed by atoms with Crippen LogP contribution in [0.3, 0.4) is 0 Å². The molecule has 29 heavy (non-hydrogen) atoms. The molecule has 0 saturated carbocycles. The zero-order valence-electron chi connectivity index (χ0n) is 14.8. The van der Waals surface area contributed by atoms with Gasteiger partial charge < -0.3 is 5.32 Å². The predicted molar refractivity (Wildman–Crippen MR) is 107 cm³/mol. The quantitative estimate of drug-likeness (QED) is 0.559. The van der Waals surface area contributed by atoms with E-state index in [0.29, 0.717) is 4.57 Å². The van der Waals surface area contributed by atoms with Crippen molar-refractivity contribution >= 4 is 33.1 Å². The van der Waals surface area contributed by atoms with Crippen molar-refractivity contribution < 1.29 is 13.6 Å². The number of nitrogens with zero attached hydrogens (tertiary/aromatic N) is 2. The first-order valence-corrected chi connectivity index (χ1v) is 9.37. The fraction of sp³-hybridized carbons (Fsp3) is 0.0500. The lowest BCUT2D eigenvalue weighted by molar-refractivity contribution is -0.116. The van der Waals surface area contributed by atoms with Crippen molar-refractivity contribution in [3.8, 4) is 5.69 Å². The van der Waals surface area contributed by atoms with E-state index in [2.05, 4.69) is 5.32 Å². The number of aromatic nitrogens is 2. The van der Waals surface area contributed by atoms with Crippen molar-refractivity contribution in [3.63, 3.8) is 0 Å². The number of hydrogen-bond acceptors (Lipinski definition) is 4. The molecule has 0 aliphatic heterocycles. The average Bonchev–Trinajstić information content (AvgIpc) is 3.19. The molecule has 6 nitrogen and oxygen atoms in total. The SMILES string of the molecule is O=C(Cn1c(=O)n(-c2ccccc2F)c(=O)c2sccc21)Nc1ccccc1F. The van der Waals surface area contributed by atoms with Crippen LogP contribution in [0.2, 0.25) is 0 Å². The molecular formula is C20H13F2N3O3S. The monoisotopic (exact) mass is 413 g/mol. The van der Waals surface area contributed by atoms with Gasteiger partial charge in [-0.05, 0) is 35.7 Å². The summed E-state index contributed by atoms with van der Waals surface area (Å²) in [4.78, 5) is 38.3. The number of thiophene rings is 1. The number of rotatable bonds is 4. The maximum atomic E-state index is 14.3. The van der Waals surface area contributed by atoms with Crippen molar-refractivity contribution in [1.82, 2.24) is 9.13 Å². The predicted octanol–water partition coefficient (Wildman–Crippen LogP) is 3.13. The second kappa shape index (κ2) is 7.44. The molecule has 4 rings (SSSR count). The Hall–Kier alpha value is -3.59. The third-order valence-electron chi connectivity index (χ3n) is 4.30. The molecule has 0 fully saturated rings. The van der Waals surface area contributed by atoms with Gasteiger partial charge in [-0.3, -0.25) is 14.2 Å². The molecule has 0 atom stereocenters. The lowest BCUT2D eigenvalue weighted by Crippen LogP contribution is -2.40. The number of benzene rings is 2. The number of carbonyl (C=O) groups is 1. The first-order chi connectivity index (χ1) is 14.0. The highest BCUT2D eigenvalue weighted by molar-refractivity contribution is 7.17. The number of halogens is 2. The topological polar surface area (TPSA) is 73.1 Å². The van der Waals surface area contributed by atoms with E-state index < -0.39 is 35.3 Å². The van der Waals surface area contributed by atoms with Gasteiger partial charge in [-0.15, -0.1) is 11.3 Å². The summed E-state index contributed by atoms with van der Waals surface area (Å²) in [6.45, 7) is -0.477. The molecule has 0 spiro atoms. The van der Waals surface area contributed by atoms with Crippen molar-refractivity contribution in [2.24, 2.45) is 0 Å². The highest BCUT2D eigenvalue weighted by Crippen LogP contribution is 2.18. The molecule has 4 aromatic rings. The van der Waals surface area contributed by atoms with Crippen LogP contribution in [0.1, 0.15) is 0 Å². The van der Waals surface area contributed by atoms with Crippen molar-refractivity contribution in [3.05, 3.63) is 92.4 Å². The highest BCUT2D eigenvalue weighted by Gasteiger charge is 2.19. The summed E-state index contributed by atoms with van der Waals surface area (Å²) in [6.07, 6.45) is 0. The molecule has 0 unspecified atom stereocenters. The van der Waals surface area contributed by atoms with E-state index in [9.17, 15) is 23.2 Å². The van der Waals surface area contributed by atoms with Gasteiger partial charge in [0, 0.05) is 0 Å². The molecule has 2 aromatic carbocycles. The van der Waals surface area contributed by atoms with E-state index in [1.54, 1.807) is 11.4 Å². The Bertz CT molecular complexity index is 1360. The number of anilines is 1. The molecule has 0 aliphatic rings. The van der Waals surface area contributed by atoms with E-state index in [-0.39, 0.29) is 21.6 Å². The second-order valence-corrected chi connectivity index (χ2v) is 7.04. The summed E-state index contributed by atoms with van der Waals surface area (Å²) in [7, 11) is 0. The van der Waals surface area contributed by atoms with E-state index in [1.807, 2.05) is 0 Å². The zero-order chi connectivity index (χ0) is 20.5. The van der Waals surface area contributed by atoms with E-state index in [0.717, 1.165) is 22.0 Å². The van der Waals surface area contributed by atoms with Gasteiger partial charge in [0.1, 0.15) is 22.9 Å². The van der Waals surface area contributed by atoms with Crippen molar-refractivity contribution in [1.29, 1.82) is 0 Å². The molecule has 1 amide bonds. The smallest absolute Gasteiger partial charge is 0.322 e. The summed E-state index contributed by atoms with van der Waals surface area (Å²) in [5.41, 5.74) is -1.53. The Labute approximate surface area is 166 Å². The fourth-order valence-corrected chi connectivity index (χ4v) is 3.81. The summed E-state index contributed by atoms with van der Waals surface area (Å²) in [5.74, 6) is -2.03. The standard InChI is InChI=1S/C20H13F2N3O3S/c21-12-5-1-3-7-14(12)23-17(26)11-24-16-9-10-29-18(16)19(27)25(20(24)28)15-8-4-2-6-13(15)22/h1-10H,11H2,(H,23,26). The van der Waals surface area contributed by atoms with Crippen LogP contribution in [0.5, 0.6) is 0 Å². The maximum absolute atomic E-state index is 14.3. The molecule has 146 valence electrons. The fourth-order valence-electron chi connectivity index (χ4n) is 2.98. The minimum Gasteiger partial charge on any atom is -0.322 e. The Kier molecular flexibility index (Phi) is 4.81.